The molecule has 0 atom stereocenters. The van der Waals surface area contributed by atoms with Gasteiger partial charge in [-0.3, -0.25) is 9.78 Å². The number of carbonyl (C=O) groups excluding carboxylic acids is 2. The Hall–Kier alpha value is -3.61. The molecule has 7 nitrogen and oxygen atoms in total. The molecular weight excluding hydrogens is 374 g/mol. The number of nitrogens with zero attached hydrogens (tertiary/aromatic N) is 1. The number of ketones is 1. The van der Waals surface area contributed by atoms with Crippen LogP contribution in [0.1, 0.15) is 26.4 Å². The minimum atomic E-state index is -0.617. The highest BCUT2D eigenvalue weighted by Crippen LogP contribution is 2.25. The van der Waals surface area contributed by atoms with Gasteiger partial charge in [0, 0.05) is 17.5 Å². The summed E-state index contributed by atoms with van der Waals surface area (Å²) >= 11 is 0. The van der Waals surface area contributed by atoms with Gasteiger partial charge in [-0.2, -0.15) is 0 Å². The van der Waals surface area contributed by atoms with Gasteiger partial charge in [0.15, 0.2) is 6.61 Å². The first-order valence-electron chi connectivity index (χ1n) is 8.84. The molecule has 29 heavy (non-hydrogen) atoms. The van der Waals surface area contributed by atoms with Crippen LogP contribution in [0.25, 0.3) is 10.9 Å². The van der Waals surface area contributed by atoms with Crippen LogP contribution >= 0.6 is 0 Å². The Morgan fingerprint density at radius 2 is 1.55 bits per heavy atom. The third kappa shape index (κ3) is 4.29. The molecule has 0 aliphatic rings. The molecule has 0 N–H and O–H groups in total. The van der Waals surface area contributed by atoms with Gasteiger partial charge in [-0.05, 0) is 37.3 Å². The second kappa shape index (κ2) is 8.60. The van der Waals surface area contributed by atoms with Gasteiger partial charge < -0.3 is 18.9 Å². The molecule has 0 saturated heterocycles. The van der Waals surface area contributed by atoms with E-state index < -0.39 is 12.6 Å². The molecule has 7 heteroatoms. The van der Waals surface area contributed by atoms with E-state index >= 15 is 0 Å². The molecule has 0 aliphatic carbocycles. The molecule has 0 unspecified atom stereocenters. The van der Waals surface area contributed by atoms with E-state index in [-0.39, 0.29) is 5.78 Å². The number of fused-ring (bicyclic) bond motifs is 1. The van der Waals surface area contributed by atoms with Crippen molar-refractivity contribution < 1.29 is 28.5 Å². The zero-order valence-electron chi connectivity index (χ0n) is 16.6. The lowest BCUT2D eigenvalue weighted by molar-refractivity contribution is 0.0473. The minimum absolute atomic E-state index is 0.303. The lowest BCUT2D eigenvalue weighted by Crippen LogP contribution is -2.16. The Bertz CT molecular complexity index is 1080. The van der Waals surface area contributed by atoms with Crippen molar-refractivity contribution >= 4 is 22.7 Å². The molecule has 3 rings (SSSR count). The third-order valence-electron chi connectivity index (χ3n) is 4.48. The summed E-state index contributed by atoms with van der Waals surface area (Å²) in [5, 5.41) is 0.770. The predicted molar refractivity (Wildman–Crippen MR) is 107 cm³/mol. The Morgan fingerprint density at radius 3 is 2.24 bits per heavy atom. The number of esters is 1. The molecule has 1 aromatic heterocycles. The quantitative estimate of drug-likeness (QED) is 0.446. The number of hydrogen-bond acceptors (Lipinski definition) is 7. The molecule has 0 spiro atoms. The molecule has 0 saturated carbocycles. The van der Waals surface area contributed by atoms with Crippen molar-refractivity contribution in [1.82, 2.24) is 4.98 Å². The third-order valence-corrected chi connectivity index (χ3v) is 4.48. The van der Waals surface area contributed by atoms with Crippen LogP contribution in [0.5, 0.6) is 17.2 Å². The average Bonchev–Trinajstić information content (AvgIpc) is 2.75. The molecular formula is C22H21NO6. The normalized spacial score (nSPS) is 10.5. The number of aryl methyl sites for hydroxylation is 1. The van der Waals surface area contributed by atoms with E-state index in [1.54, 1.807) is 50.4 Å². The van der Waals surface area contributed by atoms with Crippen molar-refractivity contribution in [3.05, 3.63) is 59.3 Å². The maximum Gasteiger partial charge on any atom is 0.340 e. The Kier molecular flexibility index (Phi) is 5.97. The van der Waals surface area contributed by atoms with Crippen molar-refractivity contribution in [2.45, 2.75) is 6.92 Å². The van der Waals surface area contributed by atoms with E-state index in [1.807, 2.05) is 6.07 Å². The highest BCUT2D eigenvalue weighted by molar-refractivity contribution is 6.02. The van der Waals surface area contributed by atoms with E-state index in [1.165, 1.54) is 14.2 Å². The Labute approximate surface area is 168 Å². The lowest BCUT2D eigenvalue weighted by Gasteiger charge is -2.11. The number of carbonyl (C=O) groups is 2. The first-order chi connectivity index (χ1) is 14.0. The van der Waals surface area contributed by atoms with Crippen LogP contribution in [0, 0.1) is 6.92 Å². The first kappa shape index (κ1) is 20.1. The molecule has 3 aromatic rings. The SMILES string of the molecule is COc1ccc(C(=O)COC(=O)c2cc3ccc(OC)cc3nc2C)c(OC)c1. The lowest BCUT2D eigenvalue weighted by atomic mass is 10.1. The topological polar surface area (TPSA) is 84.0 Å². The molecule has 0 radical (unpaired) electrons. The van der Waals surface area contributed by atoms with E-state index in [4.69, 9.17) is 18.9 Å². The zero-order chi connectivity index (χ0) is 21.0. The number of pyridine rings is 1. The van der Waals surface area contributed by atoms with Gasteiger partial charge >= 0.3 is 5.97 Å². The predicted octanol–water partition coefficient (Wildman–Crippen LogP) is 3.61. The highest BCUT2D eigenvalue weighted by atomic mass is 16.5. The Morgan fingerprint density at radius 1 is 0.862 bits per heavy atom. The number of benzene rings is 2. The number of rotatable bonds is 7. The van der Waals surface area contributed by atoms with E-state index in [9.17, 15) is 9.59 Å². The monoisotopic (exact) mass is 395 g/mol. The molecule has 2 aromatic carbocycles. The second-order valence-corrected chi connectivity index (χ2v) is 6.25. The maximum absolute atomic E-state index is 12.5. The average molecular weight is 395 g/mol. The summed E-state index contributed by atoms with van der Waals surface area (Å²) in [7, 11) is 4.55. The summed E-state index contributed by atoms with van der Waals surface area (Å²) in [6.07, 6.45) is 0. The molecule has 150 valence electrons. The van der Waals surface area contributed by atoms with E-state index in [0.717, 1.165) is 5.39 Å². The smallest absolute Gasteiger partial charge is 0.340 e. The van der Waals surface area contributed by atoms with Gasteiger partial charge in [0.25, 0.3) is 0 Å². The van der Waals surface area contributed by atoms with Gasteiger partial charge in [0.2, 0.25) is 5.78 Å². The van der Waals surface area contributed by atoms with E-state index in [2.05, 4.69) is 4.98 Å². The second-order valence-electron chi connectivity index (χ2n) is 6.25. The summed E-state index contributed by atoms with van der Waals surface area (Å²) < 4.78 is 20.8. The highest BCUT2D eigenvalue weighted by Gasteiger charge is 2.18. The fourth-order valence-electron chi connectivity index (χ4n) is 2.89. The molecule has 0 bridgehead atoms. The van der Waals surface area contributed by atoms with Crippen LogP contribution in [0.15, 0.2) is 42.5 Å². The van der Waals surface area contributed by atoms with Crippen LogP contribution in [0.4, 0.5) is 0 Å². The number of Topliss-reactive ketones (excluding diaryl/α,β-unsaturated/α-hetero) is 1. The zero-order valence-corrected chi connectivity index (χ0v) is 16.6. The summed E-state index contributed by atoms with van der Waals surface area (Å²) in [6, 6.07) is 11.9. The minimum Gasteiger partial charge on any atom is -0.497 e. The fraction of sp³-hybridized carbons (Fsp3) is 0.227. The standard InChI is InChI=1S/C22H21NO6/c1-13-18(9-14-5-6-15(26-2)10-19(14)23-13)22(25)29-12-20(24)17-8-7-16(27-3)11-21(17)28-4/h5-11H,12H2,1-4H3. The molecule has 1 heterocycles. The number of aromatic nitrogens is 1. The van der Waals surface area contributed by atoms with Gasteiger partial charge in [-0.15, -0.1) is 0 Å². The fourth-order valence-corrected chi connectivity index (χ4v) is 2.89. The van der Waals surface area contributed by atoms with E-state index in [0.29, 0.717) is 39.6 Å². The van der Waals surface area contributed by atoms with Crippen LogP contribution < -0.4 is 14.2 Å². The maximum atomic E-state index is 12.5. The van der Waals surface area contributed by atoms with Crippen LogP contribution in [0.3, 0.4) is 0 Å². The number of ether oxygens (including phenoxy) is 4. The number of hydrogen-bond donors (Lipinski definition) is 0. The van der Waals surface area contributed by atoms with Gasteiger partial charge in [-0.25, -0.2) is 4.79 Å². The largest absolute Gasteiger partial charge is 0.497 e. The molecule has 0 amide bonds. The Balaban J connectivity index is 1.77. The first-order valence-corrected chi connectivity index (χ1v) is 8.84. The van der Waals surface area contributed by atoms with Crippen LogP contribution in [-0.2, 0) is 4.74 Å². The summed E-state index contributed by atoms with van der Waals surface area (Å²) in [4.78, 5) is 29.5. The molecule has 0 aliphatic heterocycles. The van der Waals surface area contributed by atoms with Gasteiger partial charge in [-0.1, -0.05) is 0 Å². The van der Waals surface area contributed by atoms with Crippen LogP contribution in [0.2, 0.25) is 0 Å². The summed E-state index contributed by atoms with van der Waals surface area (Å²) in [5.74, 6) is 0.592. The van der Waals surface area contributed by atoms with Gasteiger partial charge in [0.1, 0.15) is 17.2 Å². The molecule has 0 fully saturated rings. The van der Waals surface area contributed by atoms with Gasteiger partial charge in [0.05, 0.1) is 43.7 Å². The van der Waals surface area contributed by atoms with Crippen molar-refractivity contribution in [3.8, 4) is 17.2 Å². The summed E-state index contributed by atoms with van der Waals surface area (Å²) in [5.41, 5.74) is 1.82. The van der Waals surface area contributed by atoms with Crippen molar-refractivity contribution in [2.75, 3.05) is 27.9 Å². The van der Waals surface area contributed by atoms with Crippen molar-refractivity contribution in [3.63, 3.8) is 0 Å². The van der Waals surface area contributed by atoms with Crippen molar-refractivity contribution in [2.24, 2.45) is 0 Å². The summed E-state index contributed by atoms with van der Waals surface area (Å²) in [6.45, 7) is 1.30. The van der Waals surface area contributed by atoms with Crippen molar-refractivity contribution in [1.29, 1.82) is 0 Å². The number of methoxy groups -OCH3 is 3. The van der Waals surface area contributed by atoms with Crippen LogP contribution in [-0.4, -0.2) is 44.7 Å².